The average molecular weight is 365 g/mol. The maximum Gasteiger partial charge on any atom is 0.151 e. The van der Waals surface area contributed by atoms with Gasteiger partial charge in [0.05, 0.1) is 17.5 Å². The molecule has 0 saturated carbocycles. The third-order valence-corrected chi connectivity index (χ3v) is 6.78. The van der Waals surface area contributed by atoms with E-state index in [2.05, 4.69) is 28.9 Å². The van der Waals surface area contributed by atoms with Crippen LogP contribution >= 0.6 is 0 Å². The van der Waals surface area contributed by atoms with Crippen molar-refractivity contribution in [1.29, 1.82) is 0 Å². The van der Waals surface area contributed by atoms with Crippen LogP contribution in [0.1, 0.15) is 18.4 Å². The van der Waals surface area contributed by atoms with Crippen molar-refractivity contribution >= 4 is 15.7 Å². The zero-order valence-electron chi connectivity index (χ0n) is 15.2. The molecule has 4 heterocycles. The summed E-state index contributed by atoms with van der Waals surface area (Å²) < 4.78 is 29.3. The van der Waals surface area contributed by atoms with Gasteiger partial charge in [-0.15, -0.1) is 0 Å². The molecule has 1 aromatic rings. The number of ether oxygens (including phenoxy) is 1. The topological polar surface area (TPSA) is 62.7 Å². The second kappa shape index (κ2) is 5.93. The minimum Gasteiger partial charge on any atom is -0.369 e. The van der Waals surface area contributed by atoms with Gasteiger partial charge in [-0.05, 0) is 38.6 Å². The standard InChI is InChI=1S/C18H27N3O3S/c1-20(2)9-14-15-10-21(12-18(15)7-6-16(14)24-18)17-5-4-13(8-19-17)11-25(3,22)23/h4-5,8,14-16H,6-7,9-12H2,1-3H3/t14-,15+,16+,18+/m1/s1. The van der Waals surface area contributed by atoms with Crippen molar-refractivity contribution in [3.63, 3.8) is 0 Å². The summed E-state index contributed by atoms with van der Waals surface area (Å²) in [5.74, 6) is 2.13. The van der Waals surface area contributed by atoms with Crippen LogP contribution in [-0.2, 0) is 20.3 Å². The van der Waals surface area contributed by atoms with E-state index < -0.39 is 9.84 Å². The Morgan fingerprint density at radius 3 is 2.84 bits per heavy atom. The maximum atomic E-state index is 11.4. The van der Waals surface area contributed by atoms with Crippen molar-refractivity contribution in [2.75, 3.05) is 44.9 Å². The van der Waals surface area contributed by atoms with Crippen LogP contribution < -0.4 is 4.90 Å². The molecule has 2 bridgehead atoms. The zero-order chi connectivity index (χ0) is 17.8. The van der Waals surface area contributed by atoms with E-state index in [1.54, 1.807) is 6.20 Å². The molecular weight excluding hydrogens is 338 g/mol. The van der Waals surface area contributed by atoms with Gasteiger partial charge in [-0.1, -0.05) is 6.07 Å². The van der Waals surface area contributed by atoms with Gasteiger partial charge in [0.2, 0.25) is 0 Å². The molecule has 138 valence electrons. The third kappa shape index (κ3) is 3.17. The normalized spacial score (nSPS) is 34.1. The number of hydrogen-bond donors (Lipinski definition) is 0. The van der Waals surface area contributed by atoms with Gasteiger partial charge in [-0.2, -0.15) is 0 Å². The van der Waals surface area contributed by atoms with Crippen LogP contribution in [0.5, 0.6) is 0 Å². The lowest BCUT2D eigenvalue weighted by Gasteiger charge is -2.30. The highest BCUT2D eigenvalue weighted by Crippen LogP contribution is 2.55. The molecule has 1 aromatic heterocycles. The molecule has 3 fully saturated rings. The molecule has 25 heavy (non-hydrogen) atoms. The van der Waals surface area contributed by atoms with Gasteiger partial charge in [0.15, 0.2) is 9.84 Å². The molecule has 0 aliphatic carbocycles. The largest absolute Gasteiger partial charge is 0.369 e. The molecule has 4 atom stereocenters. The number of sulfone groups is 1. The first kappa shape index (κ1) is 17.2. The molecular formula is C18H27N3O3S. The first-order chi connectivity index (χ1) is 11.8. The summed E-state index contributed by atoms with van der Waals surface area (Å²) in [4.78, 5) is 9.12. The summed E-state index contributed by atoms with van der Waals surface area (Å²) in [5, 5.41) is 0. The molecule has 0 unspecified atom stereocenters. The molecule has 0 aromatic carbocycles. The maximum absolute atomic E-state index is 11.4. The quantitative estimate of drug-likeness (QED) is 0.781. The Bertz CT molecular complexity index is 749. The Morgan fingerprint density at radius 1 is 1.40 bits per heavy atom. The fourth-order valence-electron chi connectivity index (χ4n) is 5.02. The van der Waals surface area contributed by atoms with Crippen LogP contribution in [0.2, 0.25) is 0 Å². The molecule has 6 nitrogen and oxygen atoms in total. The molecule has 3 aliphatic rings. The minimum absolute atomic E-state index is 0.00154. The zero-order valence-corrected chi connectivity index (χ0v) is 16.0. The average Bonchev–Trinajstić information content (AvgIpc) is 3.15. The summed E-state index contributed by atoms with van der Waals surface area (Å²) in [6.45, 7) is 2.95. The van der Waals surface area contributed by atoms with E-state index >= 15 is 0 Å². The van der Waals surface area contributed by atoms with Crippen LogP contribution in [0.3, 0.4) is 0 Å². The molecule has 3 aliphatic heterocycles. The van der Waals surface area contributed by atoms with E-state index in [1.807, 2.05) is 12.1 Å². The van der Waals surface area contributed by atoms with Crippen LogP contribution in [-0.4, -0.2) is 70.0 Å². The number of pyridine rings is 1. The first-order valence-corrected chi connectivity index (χ1v) is 11.0. The monoisotopic (exact) mass is 365 g/mol. The fourth-order valence-corrected chi connectivity index (χ4v) is 5.80. The number of nitrogens with zero attached hydrogens (tertiary/aromatic N) is 3. The lowest BCUT2D eigenvalue weighted by atomic mass is 9.73. The van der Waals surface area contributed by atoms with Gasteiger partial charge in [-0.3, -0.25) is 0 Å². The van der Waals surface area contributed by atoms with E-state index in [1.165, 1.54) is 12.7 Å². The number of hydrogen-bond acceptors (Lipinski definition) is 6. The van der Waals surface area contributed by atoms with Crippen LogP contribution in [0.25, 0.3) is 0 Å². The second-order valence-electron chi connectivity index (χ2n) is 8.27. The molecule has 0 radical (unpaired) electrons. The van der Waals surface area contributed by atoms with E-state index in [0.717, 1.165) is 37.4 Å². The van der Waals surface area contributed by atoms with Crippen LogP contribution in [0, 0.1) is 11.8 Å². The van der Waals surface area contributed by atoms with E-state index in [0.29, 0.717) is 17.9 Å². The van der Waals surface area contributed by atoms with Crippen LogP contribution in [0.15, 0.2) is 18.3 Å². The summed E-state index contributed by atoms with van der Waals surface area (Å²) in [5.41, 5.74) is 0.741. The van der Waals surface area contributed by atoms with Crippen molar-refractivity contribution in [2.45, 2.75) is 30.3 Å². The molecule has 4 rings (SSSR count). The first-order valence-electron chi connectivity index (χ1n) is 8.96. The van der Waals surface area contributed by atoms with Crippen molar-refractivity contribution in [3.05, 3.63) is 23.9 Å². The van der Waals surface area contributed by atoms with Gasteiger partial charge >= 0.3 is 0 Å². The van der Waals surface area contributed by atoms with Gasteiger partial charge < -0.3 is 14.5 Å². The van der Waals surface area contributed by atoms with Crippen molar-refractivity contribution in [1.82, 2.24) is 9.88 Å². The number of rotatable bonds is 5. The van der Waals surface area contributed by atoms with Gasteiger partial charge in [0, 0.05) is 43.9 Å². The molecule has 7 heteroatoms. The van der Waals surface area contributed by atoms with Gasteiger partial charge in [-0.25, -0.2) is 13.4 Å². The summed E-state index contributed by atoms with van der Waals surface area (Å²) in [6, 6.07) is 3.83. The van der Waals surface area contributed by atoms with Crippen molar-refractivity contribution in [3.8, 4) is 0 Å². The molecule has 0 amide bonds. The Kier molecular flexibility index (Phi) is 4.09. The summed E-state index contributed by atoms with van der Waals surface area (Å²) in [7, 11) is 1.24. The summed E-state index contributed by atoms with van der Waals surface area (Å²) in [6.07, 6.45) is 5.68. The highest BCUT2D eigenvalue weighted by molar-refractivity contribution is 7.89. The number of anilines is 1. The molecule has 0 N–H and O–H groups in total. The van der Waals surface area contributed by atoms with Gasteiger partial charge in [0.25, 0.3) is 0 Å². The fraction of sp³-hybridized carbons (Fsp3) is 0.722. The van der Waals surface area contributed by atoms with Crippen molar-refractivity contribution < 1.29 is 13.2 Å². The molecule has 3 saturated heterocycles. The van der Waals surface area contributed by atoms with E-state index in [9.17, 15) is 8.42 Å². The Balaban J connectivity index is 1.50. The Morgan fingerprint density at radius 2 is 2.20 bits per heavy atom. The minimum atomic E-state index is -3.03. The SMILES string of the molecule is CN(C)C[C@H]1[C@@H]2CC[C@@]3(CN(c4ccc(CS(C)(=O)=O)cn4)C[C@@H]13)O2. The van der Waals surface area contributed by atoms with Crippen molar-refractivity contribution in [2.24, 2.45) is 11.8 Å². The molecule has 1 spiro atoms. The van der Waals surface area contributed by atoms with Crippen LogP contribution in [0.4, 0.5) is 5.82 Å². The Hall–Kier alpha value is -1.18. The number of fused-ring (bicyclic) bond motifs is 1. The van der Waals surface area contributed by atoms with Gasteiger partial charge in [0.1, 0.15) is 5.82 Å². The summed E-state index contributed by atoms with van der Waals surface area (Å²) >= 11 is 0. The third-order valence-electron chi connectivity index (χ3n) is 5.92. The lowest BCUT2D eigenvalue weighted by molar-refractivity contribution is 0.0136. The predicted molar refractivity (Wildman–Crippen MR) is 97.4 cm³/mol. The highest BCUT2D eigenvalue weighted by atomic mass is 32.2. The predicted octanol–water partition coefficient (Wildman–Crippen LogP) is 1.17. The second-order valence-corrected chi connectivity index (χ2v) is 10.4. The van der Waals surface area contributed by atoms with E-state index in [-0.39, 0.29) is 11.4 Å². The lowest BCUT2D eigenvalue weighted by Crippen LogP contribution is -2.40. The smallest absolute Gasteiger partial charge is 0.151 e. The highest BCUT2D eigenvalue weighted by Gasteiger charge is 2.63. The Labute approximate surface area is 150 Å². The number of aromatic nitrogens is 1. The van der Waals surface area contributed by atoms with E-state index in [4.69, 9.17) is 4.74 Å².